The lowest BCUT2D eigenvalue weighted by molar-refractivity contribution is 0.746. The number of anilines is 2. The molecule has 6 heteroatoms. The third-order valence-corrected chi connectivity index (χ3v) is 2.42. The van der Waals surface area contributed by atoms with E-state index in [9.17, 15) is 0 Å². The maximum atomic E-state index is 5.91. The number of nitrogens with zero attached hydrogens (tertiary/aromatic N) is 4. The predicted octanol–water partition coefficient (Wildman–Crippen LogP) is 2.17. The SMILES string of the molecule is CCc1nn(C)cc1Nc1nccnc1Cl. The van der Waals surface area contributed by atoms with Crippen LogP contribution in [0, 0.1) is 0 Å². The number of hydrogen-bond donors (Lipinski definition) is 1. The molecular weight excluding hydrogens is 226 g/mol. The average molecular weight is 238 g/mol. The molecule has 0 saturated heterocycles. The van der Waals surface area contributed by atoms with Crippen LogP contribution in [-0.2, 0) is 13.5 Å². The largest absolute Gasteiger partial charge is 0.335 e. The van der Waals surface area contributed by atoms with Gasteiger partial charge >= 0.3 is 0 Å². The van der Waals surface area contributed by atoms with E-state index in [2.05, 4.69) is 20.4 Å². The van der Waals surface area contributed by atoms with Gasteiger partial charge in [-0.2, -0.15) is 5.10 Å². The number of nitrogens with one attached hydrogen (secondary N) is 1. The van der Waals surface area contributed by atoms with E-state index < -0.39 is 0 Å². The Morgan fingerprint density at radius 1 is 1.38 bits per heavy atom. The highest BCUT2D eigenvalue weighted by Crippen LogP contribution is 2.22. The normalized spacial score (nSPS) is 10.4. The molecule has 1 N–H and O–H groups in total. The van der Waals surface area contributed by atoms with E-state index in [4.69, 9.17) is 11.6 Å². The van der Waals surface area contributed by atoms with Crippen molar-refractivity contribution in [2.24, 2.45) is 7.05 Å². The number of hydrogen-bond acceptors (Lipinski definition) is 4. The zero-order valence-electron chi connectivity index (χ0n) is 9.11. The zero-order valence-corrected chi connectivity index (χ0v) is 9.86. The molecule has 0 radical (unpaired) electrons. The monoisotopic (exact) mass is 237 g/mol. The van der Waals surface area contributed by atoms with Gasteiger partial charge in [0.15, 0.2) is 11.0 Å². The van der Waals surface area contributed by atoms with E-state index in [1.54, 1.807) is 17.1 Å². The first-order valence-electron chi connectivity index (χ1n) is 4.96. The minimum Gasteiger partial charge on any atom is -0.335 e. The second-order valence-electron chi connectivity index (χ2n) is 3.34. The molecule has 2 aromatic heterocycles. The number of rotatable bonds is 3. The van der Waals surface area contributed by atoms with Crippen LogP contribution in [0.3, 0.4) is 0 Å². The molecule has 0 unspecified atom stereocenters. The Kier molecular flexibility index (Phi) is 3.05. The van der Waals surface area contributed by atoms with Crippen molar-refractivity contribution >= 4 is 23.1 Å². The fourth-order valence-electron chi connectivity index (χ4n) is 1.43. The lowest BCUT2D eigenvalue weighted by Gasteiger charge is -2.04. The fraction of sp³-hybridized carbons (Fsp3) is 0.300. The molecule has 84 valence electrons. The molecule has 0 aromatic carbocycles. The van der Waals surface area contributed by atoms with Crippen molar-refractivity contribution in [3.63, 3.8) is 0 Å². The molecule has 0 amide bonds. The van der Waals surface area contributed by atoms with Gasteiger partial charge in [-0.3, -0.25) is 4.68 Å². The molecular formula is C10H12ClN5. The van der Waals surface area contributed by atoms with E-state index in [1.165, 1.54) is 0 Å². The molecule has 0 spiro atoms. The predicted molar refractivity (Wildman–Crippen MR) is 62.9 cm³/mol. The van der Waals surface area contributed by atoms with Gasteiger partial charge in [0, 0.05) is 25.6 Å². The summed E-state index contributed by atoms with van der Waals surface area (Å²) in [5.41, 5.74) is 1.89. The summed E-state index contributed by atoms with van der Waals surface area (Å²) in [5, 5.41) is 7.80. The third kappa shape index (κ3) is 2.14. The topological polar surface area (TPSA) is 55.6 Å². The average Bonchev–Trinajstić information content (AvgIpc) is 2.62. The van der Waals surface area contributed by atoms with Crippen LogP contribution in [0.2, 0.25) is 5.15 Å². The first-order valence-corrected chi connectivity index (χ1v) is 5.34. The highest BCUT2D eigenvalue weighted by molar-refractivity contribution is 6.31. The second kappa shape index (κ2) is 4.49. The summed E-state index contributed by atoms with van der Waals surface area (Å²) in [7, 11) is 1.88. The number of aromatic nitrogens is 4. The van der Waals surface area contributed by atoms with Crippen LogP contribution in [0.4, 0.5) is 11.5 Å². The van der Waals surface area contributed by atoms with Gasteiger partial charge in [0.05, 0.1) is 11.4 Å². The van der Waals surface area contributed by atoms with Crippen molar-refractivity contribution < 1.29 is 0 Å². The first kappa shape index (κ1) is 10.9. The van der Waals surface area contributed by atoms with E-state index in [0.29, 0.717) is 11.0 Å². The lowest BCUT2D eigenvalue weighted by Crippen LogP contribution is -1.97. The summed E-state index contributed by atoms with van der Waals surface area (Å²) in [6, 6.07) is 0. The van der Waals surface area contributed by atoms with Crippen molar-refractivity contribution in [2.75, 3.05) is 5.32 Å². The van der Waals surface area contributed by atoms with Crippen LogP contribution >= 0.6 is 11.6 Å². The van der Waals surface area contributed by atoms with Crippen molar-refractivity contribution in [3.05, 3.63) is 29.4 Å². The summed E-state index contributed by atoms with van der Waals surface area (Å²) in [6.45, 7) is 2.05. The summed E-state index contributed by atoms with van der Waals surface area (Å²) in [5.74, 6) is 0.548. The van der Waals surface area contributed by atoms with Gasteiger partial charge < -0.3 is 5.32 Å². The van der Waals surface area contributed by atoms with E-state index in [1.807, 2.05) is 20.2 Å². The molecule has 0 saturated carbocycles. The zero-order chi connectivity index (χ0) is 11.5. The summed E-state index contributed by atoms with van der Waals surface area (Å²) >= 11 is 5.91. The standard InChI is InChI=1S/C10H12ClN5/c1-3-7-8(6-16(2)15-7)14-10-9(11)12-4-5-13-10/h4-6H,3H2,1-2H3,(H,13,14). The quantitative estimate of drug-likeness (QED) is 0.889. The Morgan fingerprint density at radius 2 is 2.12 bits per heavy atom. The maximum Gasteiger partial charge on any atom is 0.171 e. The van der Waals surface area contributed by atoms with E-state index >= 15 is 0 Å². The van der Waals surface area contributed by atoms with Crippen LogP contribution in [0.1, 0.15) is 12.6 Å². The third-order valence-electron chi connectivity index (χ3n) is 2.15. The number of aryl methyl sites for hydroxylation is 2. The Bertz CT molecular complexity index is 494. The molecule has 0 aliphatic rings. The van der Waals surface area contributed by atoms with E-state index in [0.717, 1.165) is 17.8 Å². The highest BCUT2D eigenvalue weighted by Gasteiger charge is 2.08. The van der Waals surface area contributed by atoms with Crippen molar-refractivity contribution in [1.29, 1.82) is 0 Å². The van der Waals surface area contributed by atoms with Crippen LogP contribution in [0.25, 0.3) is 0 Å². The van der Waals surface area contributed by atoms with Gasteiger partial charge in [0.2, 0.25) is 0 Å². The Hall–Kier alpha value is -1.62. The van der Waals surface area contributed by atoms with Gasteiger partial charge in [-0.05, 0) is 6.42 Å². The maximum absolute atomic E-state index is 5.91. The summed E-state index contributed by atoms with van der Waals surface area (Å²) < 4.78 is 1.76. The van der Waals surface area contributed by atoms with Crippen LogP contribution in [-0.4, -0.2) is 19.7 Å². The molecule has 2 heterocycles. The van der Waals surface area contributed by atoms with Crippen molar-refractivity contribution in [3.8, 4) is 0 Å². The first-order chi connectivity index (χ1) is 7.70. The number of halogens is 1. The van der Waals surface area contributed by atoms with E-state index in [-0.39, 0.29) is 0 Å². The minimum atomic E-state index is 0.355. The van der Waals surface area contributed by atoms with Crippen LogP contribution in [0.5, 0.6) is 0 Å². The molecule has 5 nitrogen and oxygen atoms in total. The van der Waals surface area contributed by atoms with Crippen molar-refractivity contribution in [1.82, 2.24) is 19.7 Å². The van der Waals surface area contributed by atoms with Gasteiger partial charge in [0.25, 0.3) is 0 Å². The molecule has 2 aromatic rings. The smallest absolute Gasteiger partial charge is 0.171 e. The molecule has 16 heavy (non-hydrogen) atoms. The Labute approximate surface area is 98.5 Å². The van der Waals surface area contributed by atoms with Gasteiger partial charge in [0.1, 0.15) is 0 Å². The van der Waals surface area contributed by atoms with Crippen molar-refractivity contribution in [2.45, 2.75) is 13.3 Å². The fourth-order valence-corrected chi connectivity index (χ4v) is 1.58. The Balaban J connectivity index is 2.30. The molecule has 0 bridgehead atoms. The summed E-state index contributed by atoms with van der Waals surface area (Å²) in [6.07, 6.45) is 5.89. The van der Waals surface area contributed by atoms with Gasteiger partial charge in [-0.1, -0.05) is 18.5 Å². The Morgan fingerprint density at radius 3 is 2.81 bits per heavy atom. The molecule has 0 atom stereocenters. The summed E-state index contributed by atoms with van der Waals surface area (Å²) in [4.78, 5) is 8.07. The lowest BCUT2D eigenvalue weighted by atomic mass is 10.3. The van der Waals surface area contributed by atoms with Crippen LogP contribution in [0.15, 0.2) is 18.6 Å². The molecule has 0 aliphatic heterocycles. The highest BCUT2D eigenvalue weighted by atomic mass is 35.5. The van der Waals surface area contributed by atoms with Gasteiger partial charge in [-0.15, -0.1) is 0 Å². The second-order valence-corrected chi connectivity index (χ2v) is 3.70. The minimum absolute atomic E-state index is 0.355. The van der Waals surface area contributed by atoms with Crippen LogP contribution < -0.4 is 5.32 Å². The molecule has 0 aliphatic carbocycles. The molecule has 2 rings (SSSR count). The van der Waals surface area contributed by atoms with Gasteiger partial charge in [-0.25, -0.2) is 9.97 Å². The molecule has 0 fully saturated rings.